The Morgan fingerprint density at radius 3 is 2.88 bits per heavy atom. The molecule has 0 saturated heterocycles. The second-order valence-electron chi connectivity index (χ2n) is 6.29. The van der Waals surface area contributed by atoms with Gasteiger partial charge in [0.15, 0.2) is 0 Å². The maximum atomic E-state index is 12.9. The zero-order chi connectivity index (χ0) is 18.0. The van der Waals surface area contributed by atoms with Crippen LogP contribution in [0.15, 0.2) is 36.5 Å². The minimum atomic E-state index is -0.197. The van der Waals surface area contributed by atoms with Crippen molar-refractivity contribution in [1.29, 1.82) is 5.26 Å². The molecule has 1 aromatic carbocycles. The van der Waals surface area contributed by atoms with Crippen molar-refractivity contribution in [2.75, 3.05) is 20.6 Å². The van der Waals surface area contributed by atoms with Gasteiger partial charge in [-0.2, -0.15) is 10.4 Å². The molecule has 1 aromatic heterocycles. The fourth-order valence-electron chi connectivity index (χ4n) is 2.98. The first-order chi connectivity index (χ1) is 12.0. The number of amides is 2. The summed E-state index contributed by atoms with van der Waals surface area (Å²) in [6, 6.07) is 10.4. The third-order valence-corrected chi connectivity index (χ3v) is 4.32. The van der Waals surface area contributed by atoms with E-state index in [4.69, 9.17) is 5.26 Å². The molecule has 0 N–H and O–H groups in total. The lowest BCUT2D eigenvalue weighted by Gasteiger charge is -2.34. The SMILES string of the molecule is CN(C)C(=O)C[C@H]1CN(C(=O)c2cccc(C#N)c2)Cc2ccnn21. The topological polar surface area (TPSA) is 82.2 Å². The number of benzene rings is 1. The van der Waals surface area contributed by atoms with E-state index in [1.165, 1.54) is 0 Å². The second-order valence-corrected chi connectivity index (χ2v) is 6.29. The van der Waals surface area contributed by atoms with Crippen molar-refractivity contribution >= 4 is 11.8 Å². The Morgan fingerprint density at radius 1 is 1.36 bits per heavy atom. The third-order valence-electron chi connectivity index (χ3n) is 4.32. The monoisotopic (exact) mass is 337 g/mol. The molecule has 25 heavy (non-hydrogen) atoms. The van der Waals surface area contributed by atoms with E-state index in [0.717, 1.165) is 5.69 Å². The van der Waals surface area contributed by atoms with E-state index in [-0.39, 0.29) is 24.3 Å². The van der Waals surface area contributed by atoms with E-state index >= 15 is 0 Å². The molecule has 128 valence electrons. The number of carbonyl (C=O) groups excluding carboxylic acids is 2. The molecule has 2 aromatic rings. The number of carbonyl (C=O) groups is 2. The lowest BCUT2D eigenvalue weighted by Crippen LogP contribution is -2.42. The molecule has 1 aliphatic heterocycles. The fourth-order valence-corrected chi connectivity index (χ4v) is 2.98. The average molecular weight is 337 g/mol. The quantitative estimate of drug-likeness (QED) is 0.848. The van der Waals surface area contributed by atoms with Crippen LogP contribution in [0.4, 0.5) is 0 Å². The number of aromatic nitrogens is 2. The number of rotatable bonds is 3. The molecule has 0 spiro atoms. The third kappa shape index (κ3) is 3.38. The summed E-state index contributed by atoms with van der Waals surface area (Å²) in [5.41, 5.74) is 1.82. The lowest BCUT2D eigenvalue weighted by molar-refractivity contribution is -0.129. The summed E-state index contributed by atoms with van der Waals surface area (Å²) in [5.74, 6) is -0.154. The van der Waals surface area contributed by atoms with Gasteiger partial charge in [-0.1, -0.05) is 6.07 Å². The number of hydrogen-bond donors (Lipinski definition) is 0. The average Bonchev–Trinajstić information content (AvgIpc) is 3.09. The predicted molar refractivity (Wildman–Crippen MR) is 90.5 cm³/mol. The van der Waals surface area contributed by atoms with Gasteiger partial charge in [-0.3, -0.25) is 14.3 Å². The molecule has 2 amide bonds. The van der Waals surface area contributed by atoms with Gasteiger partial charge in [0.2, 0.25) is 5.91 Å². The van der Waals surface area contributed by atoms with Gasteiger partial charge in [-0.25, -0.2) is 0 Å². The minimum Gasteiger partial charge on any atom is -0.349 e. The number of hydrogen-bond acceptors (Lipinski definition) is 4. The molecule has 7 nitrogen and oxygen atoms in total. The van der Waals surface area contributed by atoms with Gasteiger partial charge in [0, 0.05) is 32.4 Å². The van der Waals surface area contributed by atoms with Crippen LogP contribution in [0.1, 0.15) is 34.1 Å². The van der Waals surface area contributed by atoms with E-state index in [1.807, 2.05) is 16.8 Å². The molecule has 0 saturated carbocycles. The van der Waals surface area contributed by atoms with Crippen molar-refractivity contribution in [2.24, 2.45) is 0 Å². The van der Waals surface area contributed by atoms with Crippen LogP contribution in [0.2, 0.25) is 0 Å². The van der Waals surface area contributed by atoms with Crippen LogP contribution in [0.5, 0.6) is 0 Å². The maximum absolute atomic E-state index is 12.9. The second kappa shape index (κ2) is 6.77. The molecular weight excluding hydrogens is 318 g/mol. The Balaban J connectivity index is 1.85. The zero-order valence-corrected chi connectivity index (χ0v) is 14.2. The van der Waals surface area contributed by atoms with Crippen LogP contribution < -0.4 is 0 Å². The van der Waals surface area contributed by atoms with E-state index in [1.54, 1.807) is 54.4 Å². The molecule has 1 atom stereocenters. The summed E-state index contributed by atoms with van der Waals surface area (Å²) < 4.78 is 1.83. The molecule has 2 heterocycles. The van der Waals surface area contributed by atoms with Gasteiger partial charge >= 0.3 is 0 Å². The van der Waals surface area contributed by atoms with Gasteiger partial charge in [-0.15, -0.1) is 0 Å². The van der Waals surface area contributed by atoms with Crippen LogP contribution in [-0.2, 0) is 11.3 Å². The number of nitriles is 1. The minimum absolute atomic E-state index is 0.00720. The lowest BCUT2D eigenvalue weighted by atomic mass is 10.1. The van der Waals surface area contributed by atoms with Crippen molar-refractivity contribution < 1.29 is 9.59 Å². The van der Waals surface area contributed by atoms with Crippen molar-refractivity contribution in [3.8, 4) is 6.07 Å². The largest absolute Gasteiger partial charge is 0.349 e. The predicted octanol–water partition coefficient (Wildman–Crippen LogP) is 1.43. The first-order valence-corrected chi connectivity index (χ1v) is 8.01. The van der Waals surface area contributed by atoms with E-state index < -0.39 is 0 Å². The Bertz CT molecular complexity index is 849. The molecular formula is C18H19N5O2. The van der Waals surface area contributed by atoms with Crippen LogP contribution in [0, 0.1) is 11.3 Å². The summed E-state index contributed by atoms with van der Waals surface area (Å²) >= 11 is 0. The van der Waals surface area contributed by atoms with E-state index in [9.17, 15) is 9.59 Å². The molecule has 3 rings (SSSR count). The van der Waals surface area contributed by atoms with Crippen molar-refractivity contribution in [1.82, 2.24) is 19.6 Å². The summed E-state index contributed by atoms with van der Waals surface area (Å²) in [5, 5.41) is 13.3. The highest BCUT2D eigenvalue weighted by Crippen LogP contribution is 2.25. The summed E-state index contributed by atoms with van der Waals surface area (Å²) in [6.07, 6.45) is 1.97. The van der Waals surface area contributed by atoms with Crippen molar-refractivity contribution in [3.05, 3.63) is 53.3 Å². The molecule has 0 fully saturated rings. The van der Waals surface area contributed by atoms with Crippen molar-refractivity contribution in [2.45, 2.75) is 19.0 Å². The Labute approximate surface area is 146 Å². The van der Waals surface area contributed by atoms with Crippen LogP contribution in [0.25, 0.3) is 0 Å². The normalized spacial score (nSPS) is 16.0. The van der Waals surface area contributed by atoms with Crippen LogP contribution in [-0.4, -0.2) is 52.0 Å². The summed E-state index contributed by atoms with van der Waals surface area (Å²) in [7, 11) is 3.43. The van der Waals surface area contributed by atoms with Gasteiger partial charge in [0.05, 0.1) is 36.3 Å². The van der Waals surface area contributed by atoms with Crippen LogP contribution >= 0.6 is 0 Å². The zero-order valence-electron chi connectivity index (χ0n) is 14.2. The Hall–Kier alpha value is -3.14. The molecule has 0 unspecified atom stereocenters. The maximum Gasteiger partial charge on any atom is 0.254 e. The van der Waals surface area contributed by atoms with E-state index in [0.29, 0.717) is 24.2 Å². The molecule has 1 aliphatic rings. The first kappa shape index (κ1) is 16.7. The van der Waals surface area contributed by atoms with Gasteiger partial charge < -0.3 is 9.80 Å². The molecule has 0 bridgehead atoms. The Morgan fingerprint density at radius 2 is 2.16 bits per heavy atom. The summed E-state index contributed by atoms with van der Waals surface area (Å²) in [6.45, 7) is 0.839. The molecule has 7 heteroatoms. The van der Waals surface area contributed by atoms with E-state index in [2.05, 4.69) is 5.10 Å². The highest BCUT2D eigenvalue weighted by Gasteiger charge is 2.30. The molecule has 0 aliphatic carbocycles. The fraction of sp³-hybridized carbons (Fsp3) is 0.333. The highest BCUT2D eigenvalue weighted by atomic mass is 16.2. The standard InChI is InChI=1S/C18H19N5O2/c1-21(2)17(24)9-16-12-22(11-15-6-7-20-23(15)16)18(25)14-5-3-4-13(8-14)10-19/h3-8,16H,9,11-12H2,1-2H3/t16-/m0/s1. The Kier molecular flexibility index (Phi) is 4.52. The number of nitrogens with zero attached hydrogens (tertiary/aromatic N) is 5. The highest BCUT2D eigenvalue weighted by molar-refractivity contribution is 5.94. The van der Waals surface area contributed by atoms with Gasteiger partial charge in [0.1, 0.15) is 0 Å². The number of fused-ring (bicyclic) bond motifs is 1. The van der Waals surface area contributed by atoms with Crippen LogP contribution in [0.3, 0.4) is 0 Å². The molecule has 0 radical (unpaired) electrons. The first-order valence-electron chi connectivity index (χ1n) is 8.01. The smallest absolute Gasteiger partial charge is 0.254 e. The van der Waals surface area contributed by atoms with Gasteiger partial charge in [0.25, 0.3) is 5.91 Å². The summed E-state index contributed by atoms with van der Waals surface area (Å²) in [4.78, 5) is 28.2. The van der Waals surface area contributed by atoms with Gasteiger partial charge in [-0.05, 0) is 24.3 Å². The van der Waals surface area contributed by atoms with Crippen molar-refractivity contribution in [3.63, 3.8) is 0 Å².